The van der Waals surface area contributed by atoms with Crippen LogP contribution in [-0.2, 0) is 9.59 Å². The van der Waals surface area contributed by atoms with Gasteiger partial charge in [0.1, 0.15) is 18.9 Å². The van der Waals surface area contributed by atoms with Crippen LogP contribution in [0.5, 0.6) is 11.5 Å². The van der Waals surface area contributed by atoms with Crippen molar-refractivity contribution in [1.82, 2.24) is 0 Å². The zero-order valence-corrected chi connectivity index (χ0v) is 18.8. The molecule has 3 aromatic carbocycles. The first-order valence-corrected chi connectivity index (χ1v) is 10.9. The van der Waals surface area contributed by atoms with Crippen molar-refractivity contribution in [3.63, 3.8) is 0 Å². The van der Waals surface area contributed by atoms with Crippen molar-refractivity contribution in [2.45, 2.75) is 20.8 Å². The fourth-order valence-electron chi connectivity index (χ4n) is 4.11. The van der Waals surface area contributed by atoms with E-state index < -0.39 is 5.91 Å². The minimum Gasteiger partial charge on any atom is -0.486 e. The Bertz CT molecular complexity index is 1330. The van der Waals surface area contributed by atoms with Gasteiger partial charge in [-0.2, -0.15) is 0 Å². The van der Waals surface area contributed by atoms with Gasteiger partial charge in [0.2, 0.25) is 0 Å². The van der Waals surface area contributed by atoms with Gasteiger partial charge in [-0.3, -0.25) is 9.59 Å². The fourth-order valence-corrected chi connectivity index (χ4v) is 4.11. The first-order valence-electron chi connectivity index (χ1n) is 10.9. The Labute approximate surface area is 192 Å². The molecular formula is C27H24N2O4. The Kier molecular flexibility index (Phi) is 5.13. The molecule has 166 valence electrons. The zero-order valence-electron chi connectivity index (χ0n) is 18.8. The number of aryl methyl sites for hydroxylation is 3. The topological polar surface area (TPSA) is 67.9 Å². The molecule has 0 aromatic heterocycles. The maximum Gasteiger partial charge on any atom is 0.282 e. The monoisotopic (exact) mass is 440 g/mol. The van der Waals surface area contributed by atoms with E-state index in [0.717, 1.165) is 16.7 Å². The number of ether oxygens (including phenoxy) is 2. The number of benzene rings is 3. The smallest absolute Gasteiger partial charge is 0.282 e. The maximum absolute atomic E-state index is 13.7. The second kappa shape index (κ2) is 8.13. The summed E-state index contributed by atoms with van der Waals surface area (Å²) in [5.41, 5.74) is 5.52. The number of hydrogen-bond donors (Lipinski definition) is 1. The third-order valence-electron chi connectivity index (χ3n) is 6.05. The minimum absolute atomic E-state index is 0.239. The molecule has 33 heavy (non-hydrogen) atoms. The average Bonchev–Trinajstić information content (AvgIpc) is 3.05. The van der Waals surface area contributed by atoms with Crippen molar-refractivity contribution in [3.8, 4) is 11.5 Å². The van der Waals surface area contributed by atoms with Gasteiger partial charge >= 0.3 is 0 Å². The van der Waals surface area contributed by atoms with Crippen molar-refractivity contribution < 1.29 is 19.1 Å². The van der Waals surface area contributed by atoms with Crippen molar-refractivity contribution in [1.29, 1.82) is 0 Å². The van der Waals surface area contributed by atoms with E-state index >= 15 is 0 Å². The number of fused-ring (bicyclic) bond motifs is 1. The molecule has 6 nitrogen and oxygen atoms in total. The molecule has 0 aliphatic carbocycles. The van der Waals surface area contributed by atoms with Crippen LogP contribution < -0.4 is 19.7 Å². The molecule has 0 bridgehead atoms. The highest BCUT2D eigenvalue weighted by Crippen LogP contribution is 2.37. The summed E-state index contributed by atoms with van der Waals surface area (Å²) in [5, 5.41) is 3.21. The van der Waals surface area contributed by atoms with Gasteiger partial charge in [-0.15, -0.1) is 0 Å². The van der Waals surface area contributed by atoms with Crippen molar-refractivity contribution in [2.24, 2.45) is 0 Å². The van der Waals surface area contributed by atoms with E-state index in [4.69, 9.17) is 9.47 Å². The number of anilines is 2. The van der Waals surface area contributed by atoms with Crippen LogP contribution in [0.2, 0.25) is 0 Å². The molecular weight excluding hydrogens is 416 g/mol. The predicted octanol–water partition coefficient (Wildman–Crippen LogP) is 4.78. The Balaban J connectivity index is 1.62. The Hall–Kier alpha value is -4.06. The molecule has 2 aliphatic heterocycles. The van der Waals surface area contributed by atoms with E-state index in [1.165, 1.54) is 4.90 Å². The summed E-state index contributed by atoms with van der Waals surface area (Å²) >= 11 is 0. The highest BCUT2D eigenvalue weighted by atomic mass is 16.6. The Morgan fingerprint density at radius 2 is 1.52 bits per heavy atom. The summed E-state index contributed by atoms with van der Waals surface area (Å²) < 4.78 is 11.3. The molecule has 1 N–H and O–H groups in total. The number of hydrogen-bond acceptors (Lipinski definition) is 5. The van der Waals surface area contributed by atoms with Crippen LogP contribution in [0, 0.1) is 20.8 Å². The lowest BCUT2D eigenvalue weighted by Gasteiger charge is -2.20. The quantitative estimate of drug-likeness (QED) is 0.592. The molecule has 3 aromatic rings. The van der Waals surface area contributed by atoms with E-state index in [-0.39, 0.29) is 11.6 Å². The van der Waals surface area contributed by atoms with Gasteiger partial charge in [0, 0.05) is 11.8 Å². The lowest BCUT2D eigenvalue weighted by atomic mass is 9.99. The molecule has 0 radical (unpaired) electrons. The van der Waals surface area contributed by atoms with Crippen molar-refractivity contribution in [3.05, 3.63) is 88.6 Å². The number of imide groups is 1. The molecule has 2 heterocycles. The molecule has 6 heteroatoms. The van der Waals surface area contributed by atoms with Crippen LogP contribution in [-0.4, -0.2) is 25.0 Å². The molecule has 0 saturated carbocycles. The number of nitrogens with one attached hydrogen (secondary N) is 1. The SMILES string of the molecule is Cc1ccc(C2=C(Nc3ccc4c(c3)OCCO4)C(=O)N(c3ccccc3C)C2=O)cc1C. The first-order chi connectivity index (χ1) is 15.9. The Morgan fingerprint density at radius 1 is 0.758 bits per heavy atom. The Morgan fingerprint density at radius 3 is 2.27 bits per heavy atom. The number of nitrogens with zero attached hydrogens (tertiary/aromatic N) is 1. The van der Waals surface area contributed by atoms with Crippen LogP contribution in [0.1, 0.15) is 22.3 Å². The zero-order chi connectivity index (χ0) is 23.1. The maximum atomic E-state index is 13.7. The van der Waals surface area contributed by atoms with Crippen LogP contribution in [0.15, 0.2) is 66.4 Å². The van der Waals surface area contributed by atoms with Gasteiger partial charge in [0.05, 0.1) is 11.3 Å². The minimum atomic E-state index is -0.391. The van der Waals surface area contributed by atoms with E-state index in [9.17, 15) is 9.59 Å². The van der Waals surface area contributed by atoms with Gasteiger partial charge in [-0.05, 0) is 61.2 Å². The van der Waals surface area contributed by atoms with E-state index in [2.05, 4.69) is 5.32 Å². The van der Waals surface area contributed by atoms with E-state index in [1.807, 2.05) is 63.2 Å². The second-order valence-corrected chi connectivity index (χ2v) is 8.26. The van der Waals surface area contributed by atoms with Gasteiger partial charge in [-0.1, -0.05) is 36.4 Å². The summed E-state index contributed by atoms with van der Waals surface area (Å²) in [6.07, 6.45) is 0. The van der Waals surface area contributed by atoms with Crippen molar-refractivity contribution in [2.75, 3.05) is 23.4 Å². The largest absolute Gasteiger partial charge is 0.486 e. The predicted molar refractivity (Wildman–Crippen MR) is 128 cm³/mol. The molecule has 0 saturated heterocycles. The van der Waals surface area contributed by atoms with E-state index in [1.54, 1.807) is 18.2 Å². The van der Waals surface area contributed by atoms with Crippen LogP contribution in [0.25, 0.3) is 5.57 Å². The van der Waals surface area contributed by atoms with Crippen LogP contribution in [0.3, 0.4) is 0 Å². The number of carbonyl (C=O) groups is 2. The van der Waals surface area contributed by atoms with Gasteiger partial charge in [-0.25, -0.2) is 4.90 Å². The fraction of sp³-hybridized carbons (Fsp3) is 0.185. The standard InChI is InChI=1S/C27H24N2O4/c1-16-8-9-19(14-18(16)3)24-25(28-20-10-11-22-23(15-20)33-13-12-32-22)27(31)29(26(24)30)21-7-5-4-6-17(21)2/h4-11,14-15,28H,12-13H2,1-3H3. The summed E-state index contributed by atoms with van der Waals surface area (Å²) in [5.74, 6) is 0.521. The first kappa shape index (κ1) is 20.8. The third kappa shape index (κ3) is 3.63. The number of amides is 2. The third-order valence-corrected chi connectivity index (χ3v) is 6.05. The highest BCUT2D eigenvalue weighted by molar-refractivity contribution is 6.46. The van der Waals surface area contributed by atoms with Crippen molar-refractivity contribution >= 4 is 28.8 Å². The lowest BCUT2D eigenvalue weighted by molar-refractivity contribution is -0.120. The normalized spacial score (nSPS) is 15.3. The molecule has 0 atom stereocenters. The highest BCUT2D eigenvalue weighted by Gasteiger charge is 2.41. The molecule has 5 rings (SSSR count). The van der Waals surface area contributed by atoms with Crippen LogP contribution in [0.4, 0.5) is 11.4 Å². The molecule has 0 unspecified atom stereocenters. The molecule has 0 fully saturated rings. The number of carbonyl (C=O) groups excluding carboxylic acids is 2. The number of para-hydroxylation sites is 1. The van der Waals surface area contributed by atoms with Gasteiger partial charge < -0.3 is 14.8 Å². The van der Waals surface area contributed by atoms with Crippen LogP contribution >= 0.6 is 0 Å². The summed E-state index contributed by atoms with van der Waals surface area (Å²) in [6, 6.07) is 18.6. The summed E-state index contributed by atoms with van der Waals surface area (Å²) in [4.78, 5) is 28.5. The van der Waals surface area contributed by atoms with Gasteiger partial charge in [0.25, 0.3) is 11.8 Å². The average molecular weight is 440 g/mol. The number of rotatable bonds is 4. The lowest BCUT2D eigenvalue weighted by Crippen LogP contribution is -2.33. The summed E-state index contributed by atoms with van der Waals surface area (Å²) in [7, 11) is 0. The van der Waals surface area contributed by atoms with E-state index in [0.29, 0.717) is 47.2 Å². The second-order valence-electron chi connectivity index (χ2n) is 8.26. The molecule has 0 spiro atoms. The van der Waals surface area contributed by atoms with Gasteiger partial charge in [0.15, 0.2) is 11.5 Å². The summed E-state index contributed by atoms with van der Waals surface area (Å²) in [6.45, 7) is 6.86. The molecule has 2 amide bonds. The molecule has 2 aliphatic rings.